The van der Waals surface area contributed by atoms with E-state index in [1.165, 1.54) is 0 Å². The number of aromatic nitrogens is 1. The normalized spacial score (nSPS) is 25.6. The minimum Gasteiger partial charge on any atom is -0.481 e. The fourth-order valence-corrected chi connectivity index (χ4v) is 2.85. The van der Waals surface area contributed by atoms with Gasteiger partial charge in [0, 0.05) is 36.9 Å². The van der Waals surface area contributed by atoms with E-state index in [0.717, 1.165) is 25.1 Å². The van der Waals surface area contributed by atoms with Crippen LogP contribution in [0.1, 0.15) is 22.3 Å². The largest absolute Gasteiger partial charge is 0.481 e. The van der Waals surface area contributed by atoms with Crippen LogP contribution in [0.25, 0.3) is 0 Å². The molecule has 5 heteroatoms. The molecular weight excluding hydrogens is 230 g/mol. The number of aryl methyl sites for hydroxylation is 1. The van der Waals surface area contributed by atoms with E-state index in [4.69, 9.17) is 4.74 Å². The number of amides is 1. The average Bonchev–Trinajstić information content (AvgIpc) is 2.39. The molecule has 2 unspecified atom stereocenters. The van der Waals surface area contributed by atoms with Crippen LogP contribution in [0, 0.1) is 6.92 Å². The first-order valence-corrected chi connectivity index (χ1v) is 6.24. The van der Waals surface area contributed by atoms with Gasteiger partial charge in [-0.05, 0) is 19.4 Å². The van der Waals surface area contributed by atoms with E-state index in [2.05, 4.69) is 10.3 Å². The van der Waals surface area contributed by atoms with E-state index < -0.39 is 0 Å². The monoisotopic (exact) mass is 247 g/mol. The van der Waals surface area contributed by atoms with Gasteiger partial charge in [0.2, 0.25) is 5.88 Å². The summed E-state index contributed by atoms with van der Waals surface area (Å²) in [7, 11) is 1.59. The third kappa shape index (κ3) is 1.66. The van der Waals surface area contributed by atoms with E-state index in [1.54, 1.807) is 13.3 Å². The SMILES string of the molecule is COc1ncc(C(=O)N2C3CNCC2C3)cc1C. The van der Waals surface area contributed by atoms with Gasteiger partial charge in [-0.1, -0.05) is 0 Å². The van der Waals surface area contributed by atoms with Gasteiger partial charge in [-0.2, -0.15) is 0 Å². The molecule has 0 saturated carbocycles. The third-order valence-electron chi connectivity index (χ3n) is 3.80. The number of piperidine rings is 1. The Labute approximate surface area is 106 Å². The predicted molar refractivity (Wildman–Crippen MR) is 66.8 cm³/mol. The fourth-order valence-electron chi connectivity index (χ4n) is 2.85. The van der Waals surface area contributed by atoms with Crippen molar-refractivity contribution in [3.05, 3.63) is 23.4 Å². The number of piperazine rings is 1. The third-order valence-corrected chi connectivity index (χ3v) is 3.80. The van der Waals surface area contributed by atoms with Crippen molar-refractivity contribution in [3.63, 3.8) is 0 Å². The second-order valence-corrected chi connectivity index (χ2v) is 4.96. The highest BCUT2D eigenvalue weighted by molar-refractivity contribution is 5.95. The van der Waals surface area contributed by atoms with Crippen molar-refractivity contribution in [2.75, 3.05) is 20.2 Å². The highest BCUT2D eigenvalue weighted by atomic mass is 16.5. The molecule has 1 aromatic heterocycles. The summed E-state index contributed by atoms with van der Waals surface area (Å²) < 4.78 is 5.11. The van der Waals surface area contributed by atoms with Crippen molar-refractivity contribution in [1.29, 1.82) is 0 Å². The van der Waals surface area contributed by atoms with Crippen LogP contribution < -0.4 is 10.1 Å². The average molecular weight is 247 g/mol. The highest BCUT2D eigenvalue weighted by Crippen LogP contribution is 2.30. The van der Waals surface area contributed by atoms with E-state index in [9.17, 15) is 4.79 Å². The summed E-state index contributed by atoms with van der Waals surface area (Å²) in [6.07, 6.45) is 2.73. The van der Waals surface area contributed by atoms with Gasteiger partial charge in [0.15, 0.2) is 0 Å². The Morgan fingerprint density at radius 2 is 2.22 bits per heavy atom. The molecule has 96 valence electrons. The molecular formula is C13H17N3O2. The van der Waals surface area contributed by atoms with E-state index in [-0.39, 0.29) is 5.91 Å². The number of carbonyl (C=O) groups excluding carboxylic acids is 1. The van der Waals surface area contributed by atoms with E-state index in [1.807, 2.05) is 17.9 Å². The molecule has 1 aromatic rings. The molecule has 0 radical (unpaired) electrons. The van der Waals surface area contributed by atoms with Crippen molar-refractivity contribution >= 4 is 5.91 Å². The zero-order valence-corrected chi connectivity index (χ0v) is 10.6. The second kappa shape index (κ2) is 4.24. The van der Waals surface area contributed by atoms with Crippen molar-refractivity contribution in [1.82, 2.24) is 15.2 Å². The van der Waals surface area contributed by atoms with Crippen LogP contribution in [-0.2, 0) is 0 Å². The Balaban J connectivity index is 1.82. The maximum absolute atomic E-state index is 12.4. The summed E-state index contributed by atoms with van der Waals surface area (Å²) in [6, 6.07) is 2.58. The minimum atomic E-state index is 0.0935. The Kier molecular flexibility index (Phi) is 2.70. The van der Waals surface area contributed by atoms with Crippen molar-refractivity contribution in [3.8, 4) is 5.88 Å². The Morgan fingerprint density at radius 3 is 2.78 bits per heavy atom. The molecule has 2 aliphatic heterocycles. The van der Waals surface area contributed by atoms with Crippen molar-refractivity contribution in [2.45, 2.75) is 25.4 Å². The molecule has 2 saturated heterocycles. The summed E-state index contributed by atoms with van der Waals surface area (Å²) >= 11 is 0. The Hall–Kier alpha value is -1.62. The molecule has 5 nitrogen and oxygen atoms in total. The number of carbonyl (C=O) groups is 1. The smallest absolute Gasteiger partial charge is 0.256 e. The number of nitrogens with one attached hydrogen (secondary N) is 1. The zero-order valence-electron chi connectivity index (χ0n) is 10.6. The highest BCUT2D eigenvalue weighted by Gasteiger charge is 2.44. The lowest BCUT2D eigenvalue weighted by molar-refractivity contribution is -0.00222. The van der Waals surface area contributed by atoms with Gasteiger partial charge in [-0.15, -0.1) is 0 Å². The molecule has 1 N–H and O–H groups in total. The summed E-state index contributed by atoms with van der Waals surface area (Å²) in [5.74, 6) is 0.674. The summed E-state index contributed by atoms with van der Waals surface area (Å²) in [5, 5.41) is 3.32. The van der Waals surface area contributed by atoms with Crippen LogP contribution in [0.3, 0.4) is 0 Å². The first-order valence-electron chi connectivity index (χ1n) is 6.24. The molecule has 18 heavy (non-hydrogen) atoms. The lowest BCUT2D eigenvalue weighted by Crippen LogP contribution is -2.69. The second-order valence-electron chi connectivity index (χ2n) is 4.96. The lowest BCUT2D eigenvalue weighted by Gasteiger charge is -2.53. The van der Waals surface area contributed by atoms with Gasteiger partial charge in [-0.25, -0.2) is 4.98 Å². The Bertz CT molecular complexity index is 475. The molecule has 0 aromatic carbocycles. The van der Waals surface area contributed by atoms with Crippen molar-refractivity contribution in [2.24, 2.45) is 0 Å². The van der Waals surface area contributed by atoms with Gasteiger partial charge in [0.25, 0.3) is 5.91 Å². The molecule has 3 rings (SSSR count). The van der Waals surface area contributed by atoms with Crippen LogP contribution in [0.15, 0.2) is 12.3 Å². The van der Waals surface area contributed by atoms with Crippen LogP contribution in [0.4, 0.5) is 0 Å². The van der Waals surface area contributed by atoms with E-state index in [0.29, 0.717) is 23.5 Å². The number of ether oxygens (including phenoxy) is 1. The molecule has 0 aliphatic carbocycles. The molecule has 1 amide bonds. The first-order chi connectivity index (χ1) is 8.70. The van der Waals surface area contributed by atoms with Gasteiger partial charge >= 0.3 is 0 Å². The fraction of sp³-hybridized carbons (Fsp3) is 0.538. The van der Waals surface area contributed by atoms with E-state index >= 15 is 0 Å². The predicted octanol–water partition coefficient (Wildman–Crippen LogP) is 0.585. The molecule has 3 heterocycles. The Morgan fingerprint density at radius 1 is 1.50 bits per heavy atom. The lowest BCUT2D eigenvalue weighted by atomic mass is 9.88. The number of rotatable bonds is 2. The number of nitrogens with zero attached hydrogens (tertiary/aromatic N) is 2. The summed E-state index contributed by atoms with van der Waals surface area (Å²) in [5.41, 5.74) is 1.55. The van der Waals surface area contributed by atoms with Gasteiger partial charge in [0.05, 0.1) is 12.7 Å². The molecule has 2 atom stereocenters. The number of hydrogen-bond donors (Lipinski definition) is 1. The number of hydrogen-bond acceptors (Lipinski definition) is 4. The van der Waals surface area contributed by atoms with Crippen LogP contribution in [0.5, 0.6) is 5.88 Å². The van der Waals surface area contributed by atoms with Crippen LogP contribution in [0.2, 0.25) is 0 Å². The first kappa shape index (κ1) is 11.5. The number of methoxy groups -OCH3 is 1. The molecule has 2 fully saturated rings. The quantitative estimate of drug-likeness (QED) is 0.831. The topological polar surface area (TPSA) is 54.5 Å². The zero-order chi connectivity index (χ0) is 12.7. The number of fused-ring (bicyclic) bond motifs is 2. The summed E-state index contributed by atoms with van der Waals surface area (Å²) in [4.78, 5) is 18.6. The number of pyridine rings is 1. The molecule has 2 bridgehead atoms. The summed E-state index contributed by atoms with van der Waals surface area (Å²) in [6.45, 7) is 3.72. The minimum absolute atomic E-state index is 0.0935. The molecule has 0 spiro atoms. The maximum Gasteiger partial charge on any atom is 0.256 e. The maximum atomic E-state index is 12.4. The van der Waals surface area contributed by atoms with Gasteiger partial charge in [0.1, 0.15) is 0 Å². The van der Waals surface area contributed by atoms with Gasteiger partial charge < -0.3 is 15.0 Å². The molecule has 2 aliphatic rings. The van der Waals surface area contributed by atoms with Gasteiger partial charge in [-0.3, -0.25) is 4.79 Å². The van der Waals surface area contributed by atoms with Crippen molar-refractivity contribution < 1.29 is 9.53 Å². The van der Waals surface area contributed by atoms with Crippen LogP contribution >= 0.6 is 0 Å². The van der Waals surface area contributed by atoms with Crippen LogP contribution in [-0.4, -0.2) is 48.1 Å². The standard InChI is InChI=1S/C13H17N3O2/c1-8-3-9(5-15-12(8)18-2)13(17)16-10-4-11(16)7-14-6-10/h3,5,10-11,14H,4,6-7H2,1-2H3.